The van der Waals surface area contributed by atoms with Gasteiger partial charge in [-0.1, -0.05) is 0 Å². The van der Waals surface area contributed by atoms with Crippen molar-refractivity contribution in [1.82, 2.24) is 4.98 Å². The van der Waals surface area contributed by atoms with Crippen LogP contribution in [-0.4, -0.2) is 22.5 Å². The van der Waals surface area contributed by atoms with Crippen molar-refractivity contribution < 1.29 is 19.3 Å². The summed E-state index contributed by atoms with van der Waals surface area (Å²) in [4.78, 5) is 4.40. The summed E-state index contributed by atoms with van der Waals surface area (Å²) in [6, 6.07) is 0. The zero-order chi connectivity index (χ0) is 14.0. The smallest absolute Gasteiger partial charge is 0.163 e. The Labute approximate surface area is 113 Å². The van der Waals surface area contributed by atoms with E-state index in [4.69, 9.17) is 14.2 Å². The lowest BCUT2D eigenvalue weighted by Crippen LogP contribution is -2.25. The molecular formula is C14H21NO4. The second kappa shape index (κ2) is 5.45. The monoisotopic (exact) mass is 267 g/mol. The van der Waals surface area contributed by atoms with E-state index in [-0.39, 0.29) is 5.75 Å². The summed E-state index contributed by atoms with van der Waals surface area (Å²) < 4.78 is 16.8. The van der Waals surface area contributed by atoms with Gasteiger partial charge in [0.15, 0.2) is 5.79 Å². The minimum Gasteiger partial charge on any atom is -0.506 e. The Morgan fingerprint density at radius 2 is 1.89 bits per heavy atom. The van der Waals surface area contributed by atoms with E-state index < -0.39 is 5.79 Å². The summed E-state index contributed by atoms with van der Waals surface area (Å²) in [5.74, 6) is -0.473. The SMILES string of the molecule is CCOCc1nc(C)c(O)c2c1COC(C)(C)OC2. The summed E-state index contributed by atoms with van der Waals surface area (Å²) >= 11 is 0. The normalized spacial score (nSPS) is 17.9. The van der Waals surface area contributed by atoms with Crippen LogP contribution >= 0.6 is 0 Å². The number of aromatic hydroxyl groups is 1. The number of fused-ring (bicyclic) bond motifs is 1. The van der Waals surface area contributed by atoms with Gasteiger partial charge in [0.25, 0.3) is 0 Å². The summed E-state index contributed by atoms with van der Waals surface area (Å²) in [5.41, 5.74) is 3.04. The van der Waals surface area contributed by atoms with Gasteiger partial charge in [-0.3, -0.25) is 4.98 Å². The molecule has 106 valence electrons. The summed E-state index contributed by atoms with van der Waals surface area (Å²) in [7, 11) is 0. The molecule has 1 aromatic rings. The van der Waals surface area contributed by atoms with Crippen LogP contribution in [0, 0.1) is 6.92 Å². The first-order valence-electron chi connectivity index (χ1n) is 6.50. The van der Waals surface area contributed by atoms with Crippen molar-refractivity contribution in [2.24, 2.45) is 0 Å². The molecule has 0 bridgehead atoms. The van der Waals surface area contributed by atoms with E-state index in [9.17, 15) is 5.11 Å². The van der Waals surface area contributed by atoms with Crippen molar-refractivity contribution in [1.29, 1.82) is 0 Å². The van der Waals surface area contributed by atoms with Crippen LogP contribution in [0.2, 0.25) is 0 Å². The highest BCUT2D eigenvalue weighted by molar-refractivity contribution is 5.44. The van der Waals surface area contributed by atoms with Gasteiger partial charge in [0, 0.05) is 17.7 Å². The van der Waals surface area contributed by atoms with E-state index in [0.717, 1.165) is 16.8 Å². The molecule has 1 aliphatic rings. The van der Waals surface area contributed by atoms with Gasteiger partial charge in [0.2, 0.25) is 0 Å². The highest BCUT2D eigenvalue weighted by atomic mass is 16.7. The molecular weight excluding hydrogens is 246 g/mol. The first-order chi connectivity index (χ1) is 8.94. The molecule has 1 aliphatic heterocycles. The van der Waals surface area contributed by atoms with Gasteiger partial charge in [-0.05, 0) is 27.7 Å². The molecule has 1 N–H and O–H groups in total. The van der Waals surface area contributed by atoms with Crippen molar-refractivity contribution in [2.45, 2.75) is 53.3 Å². The average molecular weight is 267 g/mol. The van der Waals surface area contributed by atoms with E-state index in [0.29, 0.717) is 32.1 Å². The maximum Gasteiger partial charge on any atom is 0.163 e. The van der Waals surface area contributed by atoms with E-state index >= 15 is 0 Å². The molecule has 0 fully saturated rings. The van der Waals surface area contributed by atoms with Crippen LogP contribution < -0.4 is 0 Å². The maximum atomic E-state index is 10.1. The molecule has 0 spiro atoms. The van der Waals surface area contributed by atoms with Gasteiger partial charge in [-0.25, -0.2) is 0 Å². The van der Waals surface area contributed by atoms with Gasteiger partial charge in [-0.2, -0.15) is 0 Å². The fraction of sp³-hybridized carbons (Fsp3) is 0.643. The summed E-state index contributed by atoms with van der Waals surface area (Å²) in [5, 5.41) is 10.1. The number of aromatic nitrogens is 1. The highest BCUT2D eigenvalue weighted by Crippen LogP contribution is 2.33. The number of hydrogen-bond acceptors (Lipinski definition) is 5. The predicted molar refractivity (Wildman–Crippen MR) is 69.6 cm³/mol. The lowest BCUT2D eigenvalue weighted by Gasteiger charge is -2.22. The Kier molecular flexibility index (Phi) is 4.08. The third-order valence-corrected chi connectivity index (χ3v) is 3.21. The van der Waals surface area contributed by atoms with Crippen LogP contribution in [0.15, 0.2) is 0 Å². The van der Waals surface area contributed by atoms with Gasteiger partial charge in [0.1, 0.15) is 5.75 Å². The number of hydrogen-bond donors (Lipinski definition) is 1. The van der Waals surface area contributed by atoms with Gasteiger partial charge in [0.05, 0.1) is 31.2 Å². The van der Waals surface area contributed by atoms with E-state index in [1.165, 1.54) is 0 Å². The second-order valence-electron chi connectivity index (χ2n) is 5.06. The van der Waals surface area contributed by atoms with E-state index in [2.05, 4.69) is 4.98 Å². The zero-order valence-corrected chi connectivity index (χ0v) is 11.9. The standard InChI is InChI=1S/C14H21NO4/c1-5-17-8-12-10-6-18-14(3,4)19-7-11(10)13(16)9(2)15-12/h16H,5-8H2,1-4H3. The minimum absolute atomic E-state index is 0.191. The van der Waals surface area contributed by atoms with Crippen LogP contribution in [0.3, 0.4) is 0 Å². The van der Waals surface area contributed by atoms with Gasteiger partial charge < -0.3 is 19.3 Å². The van der Waals surface area contributed by atoms with Crippen LogP contribution in [0.5, 0.6) is 5.75 Å². The Hall–Kier alpha value is -1.17. The minimum atomic E-state index is -0.664. The molecule has 0 unspecified atom stereocenters. The van der Waals surface area contributed by atoms with Crippen molar-refractivity contribution in [2.75, 3.05) is 6.61 Å². The van der Waals surface area contributed by atoms with E-state index in [1.807, 2.05) is 20.8 Å². The fourth-order valence-electron chi connectivity index (χ4n) is 2.04. The molecule has 0 atom stereocenters. The molecule has 5 nitrogen and oxygen atoms in total. The number of aryl methyl sites for hydroxylation is 1. The third-order valence-electron chi connectivity index (χ3n) is 3.21. The molecule has 0 aromatic carbocycles. The zero-order valence-electron chi connectivity index (χ0n) is 11.9. The molecule has 0 aliphatic carbocycles. The fourth-order valence-corrected chi connectivity index (χ4v) is 2.04. The number of ether oxygens (including phenoxy) is 3. The van der Waals surface area contributed by atoms with Gasteiger partial charge in [-0.15, -0.1) is 0 Å². The van der Waals surface area contributed by atoms with Crippen LogP contribution in [0.25, 0.3) is 0 Å². The van der Waals surface area contributed by atoms with Crippen molar-refractivity contribution in [3.8, 4) is 5.75 Å². The Bertz CT molecular complexity index is 471. The molecule has 0 saturated heterocycles. The Morgan fingerprint density at radius 3 is 2.53 bits per heavy atom. The highest BCUT2D eigenvalue weighted by Gasteiger charge is 2.28. The summed E-state index contributed by atoms with van der Waals surface area (Å²) in [6.45, 7) is 9.17. The quantitative estimate of drug-likeness (QED) is 0.911. The van der Waals surface area contributed by atoms with Crippen LogP contribution in [0.1, 0.15) is 43.3 Å². The first kappa shape index (κ1) is 14.2. The van der Waals surface area contributed by atoms with Gasteiger partial charge >= 0.3 is 0 Å². The topological polar surface area (TPSA) is 60.8 Å². The largest absolute Gasteiger partial charge is 0.506 e. The average Bonchev–Trinajstić information content (AvgIpc) is 2.51. The Morgan fingerprint density at radius 1 is 1.26 bits per heavy atom. The molecule has 1 aromatic heterocycles. The lowest BCUT2D eigenvalue weighted by molar-refractivity contribution is -0.219. The van der Waals surface area contributed by atoms with Crippen molar-refractivity contribution >= 4 is 0 Å². The molecule has 0 radical (unpaired) electrons. The first-order valence-corrected chi connectivity index (χ1v) is 6.50. The van der Waals surface area contributed by atoms with Crippen molar-refractivity contribution in [3.05, 3.63) is 22.5 Å². The third kappa shape index (κ3) is 3.05. The number of rotatable bonds is 3. The predicted octanol–water partition coefficient (Wildman–Crippen LogP) is 2.42. The Balaban J connectivity index is 2.41. The molecule has 2 heterocycles. The molecule has 5 heteroatoms. The van der Waals surface area contributed by atoms with E-state index in [1.54, 1.807) is 6.92 Å². The van der Waals surface area contributed by atoms with Crippen LogP contribution in [0.4, 0.5) is 0 Å². The van der Waals surface area contributed by atoms with Crippen molar-refractivity contribution in [3.63, 3.8) is 0 Å². The molecule has 0 saturated carbocycles. The second-order valence-corrected chi connectivity index (χ2v) is 5.06. The molecule has 19 heavy (non-hydrogen) atoms. The maximum absolute atomic E-state index is 10.1. The molecule has 0 amide bonds. The summed E-state index contributed by atoms with van der Waals surface area (Å²) in [6.07, 6.45) is 0. The number of nitrogens with zero attached hydrogens (tertiary/aromatic N) is 1. The van der Waals surface area contributed by atoms with Crippen LogP contribution in [-0.2, 0) is 34.0 Å². The number of pyridine rings is 1. The lowest BCUT2D eigenvalue weighted by atomic mass is 10.1. The molecule has 2 rings (SSSR count).